The van der Waals surface area contributed by atoms with E-state index in [2.05, 4.69) is 4.98 Å². The Balaban J connectivity index is 2.80. The van der Waals surface area contributed by atoms with Gasteiger partial charge in [-0.2, -0.15) is 8.78 Å². The third-order valence-electron chi connectivity index (χ3n) is 1.38. The second-order valence-corrected chi connectivity index (χ2v) is 5.36. The molecule has 0 aliphatic rings. The number of nitrogens with one attached hydrogen (secondary N) is 1. The SMILES string of the molecule is O=C(O)C=Cc1cnc(NS(=O)(=O)C(F)F)s1. The van der Waals surface area contributed by atoms with Crippen LogP contribution in [0.15, 0.2) is 12.3 Å². The van der Waals surface area contributed by atoms with Crippen LogP contribution in [-0.2, 0) is 14.8 Å². The van der Waals surface area contributed by atoms with Crippen molar-refractivity contribution >= 4 is 38.5 Å². The maximum absolute atomic E-state index is 12.0. The molecule has 0 fully saturated rings. The molecule has 94 valence electrons. The predicted octanol–water partition coefficient (Wildman–Crippen LogP) is 1.21. The second-order valence-electron chi connectivity index (χ2n) is 2.65. The van der Waals surface area contributed by atoms with Gasteiger partial charge in [-0.25, -0.2) is 18.2 Å². The van der Waals surface area contributed by atoms with Gasteiger partial charge in [0.2, 0.25) is 0 Å². The van der Waals surface area contributed by atoms with Crippen LogP contribution in [0, 0.1) is 0 Å². The molecule has 0 bridgehead atoms. The van der Waals surface area contributed by atoms with Crippen LogP contribution in [-0.4, -0.2) is 30.2 Å². The number of carboxylic acids is 1. The number of hydrogen-bond acceptors (Lipinski definition) is 5. The van der Waals surface area contributed by atoms with Crippen LogP contribution >= 0.6 is 11.3 Å². The summed E-state index contributed by atoms with van der Waals surface area (Å²) in [6.07, 6.45) is 3.15. The van der Waals surface area contributed by atoms with E-state index in [1.807, 2.05) is 0 Å². The minimum absolute atomic E-state index is 0.254. The number of rotatable bonds is 5. The Hall–Kier alpha value is -1.55. The van der Waals surface area contributed by atoms with Crippen molar-refractivity contribution in [2.24, 2.45) is 0 Å². The van der Waals surface area contributed by atoms with Crippen molar-refractivity contribution in [3.8, 4) is 0 Å². The number of hydrogen-bond donors (Lipinski definition) is 2. The fourth-order valence-electron chi connectivity index (χ4n) is 0.730. The van der Waals surface area contributed by atoms with Gasteiger partial charge in [0.25, 0.3) is 10.0 Å². The molecule has 1 heterocycles. The molecule has 2 N–H and O–H groups in total. The highest BCUT2D eigenvalue weighted by Crippen LogP contribution is 2.21. The third kappa shape index (κ3) is 4.07. The van der Waals surface area contributed by atoms with Gasteiger partial charge in [0.05, 0.1) is 0 Å². The molecule has 0 aliphatic carbocycles. The predicted molar refractivity (Wildman–Crippen MR) is 57.3 cm³/mol. The molecule has 0 saturated heterocycles. The Labute approximate surface area is 98.7 Å². The number of aliphatic carboxylic acids is 1. The molecule has 1 aromatic heterocycles. The normalized spacial score (nSPS) is 12.2. The lowest BCUT2D eigenvalue weighted by Gasteiger charge is -2.01. The number of halogens is 2. The molecule has 0 spiro atoms. The van der Waals surface area contributed by atoms with Gasteiger partial charge < -0.3 is 5.11 Å². The minimum atomic E-state index is -4.75. The van der Waals surface area contributed by atoms with Crippen molar-refractivity contribution in [3.05, 3.63) is 17.2 Å². The lowest BCUT2D eigenvalue weighted by molar-refractivity contribution is -0.131. The van der Waals surface area contributed by atoms with Crippen molar-refractivity contribution in [3.63, 3.8) is 0 Å². The number of sulfonamides is 1. The summed E-state index contributed by atoms with van der Waals surface area (Å²) < 4.78 is 47.1. The molecule has 0 aromatic carbocycles. The van der Waals surface area contributed by atoms with Crippen LogP contribution in [0.5, 0.6) is 0 Å². The summed E-state index contributed by atoms with van der Waals surface area (Å²) in [7, 11) is -4.75. The van der Waals surface area contributed by atoms with Crippen LogP contribution in [0.2, 0.25) is 0 Å². The van der Waals surface area contributed by atoms with E-state index in [9.17, 15) is 22.0 Å². The summed E-state index contributed by atoms with van der Waals surface area (Å²) in [5.74, 6) is -4.74. The molecular formula is C7H6F2N2O4S2. The molecule has 17 heavy (non-hydrogen) atoms. The number of thiazole rings is 1. The van der Waals surface area contributed by atoms with Gasteiger partial charge in [0, 0.05) is 17.2 Å². The lowest BCUT2D eigenvalue weighted by Crippen LogP contribution is -2.20. The highest BCUT2D eigenvalue weighted by Gasteiger charge is 2.24. The van der Waals surface area contributed by atoms with E-state index in [0.717, 1.165) is 23.6 Å². The topological polar surface area (TPSA) is 96.4 Å². The molecular weight excluding hydrogens is 278 g/mol. The summed E-state index contributed by atoms with van der Waals surface area (Å²) in [5.41, 5.74) is 0. The van der Waals surface area contributed by atoms with Crippen LogP contribution in [0.4, 0.5) is 13.9 Å². The van der Waals surface area contributed by atoms with Gasteiger partial charge in [-0.15, -0.1) is 0 Å². The van der Waals surface area contributed by atoms with E-state index < -0.39 is 21.8 Å². The third-order valence-corrected chi connectivity index (χ3v) is 3.33. The molecule has 0 amide bonds. The Kier molecular flexibility index (Phi) is 4.12. The molecule has 0 unspecified atom stereocenters. The maximum Gasteiger partial charge on any atom is 0.355 e. The van der Waals surface area contributed by atoms with Crippen molar-refractivity contribution in [2.75, 3.05) is 4.72 Å². The first-order chi connectivity index (χ1) is 7.81. The first-order valence-electron chi connectivity index (χ1n) is 3.98. The van der Waals surface area contributed by atoms with Crippen molar-refractivity contribution in [1.29, 1.82) is 0 Å². The number of carbonyl (C=O) groups is 1. The molecule has 1 aromatic rings. The fraction of sp³-hybridized carbons (Fsp3) is 0.143. The van der Waals surface area contributed by atoms with E-state index in [1.54, 1.807) is 4.72 Å². The van der Waals surface area contributed by atoms with Gasteiger partial charge in [-0.3, -0.25) is 4.72 Å². The highest BCUT2D eigenvalue weighted by molar-refractivity contribution is 7.93. The first kappa shape index (κ1) is 13.5. The average molecular weight is 284 g/mol. The van der Waals surface area contributed by atoms with Crippen molar-refractivity contribution in [2.45, 2.75) is 5.76 Å². The molecule has 0 radical (unpaired) electrons. The molecule has 0 aliphatic heterocycles. The Bertz CT molecular complexity index is 538. The monoisotopic (exact) mass is 284 g/mol. The van der Waals surface area contributed by atoms with Crippen LogP contribution in [0.1, 0.15) is 4.88 Å². The number of anilines is 1. The quantitative estimate of drug-likeness (QED) is 0.792. The second kappa shape index (κ2) is 5.19. The number of aromatic nitrogens is 1. The van der Waals surface area contributed by atoms with Crippen LogP contribution < -0.4 is 4.72 Å². The summed E-state index contributed by atoms with van der Waals surface area (Å²) in [6, 6.07) is 0. The summed E-state index contributed by atoms with van der Waals surface area (Å²) in [6.45, 7) is 0. The zero-order valence-corrected chi connectivity index (χ0v) is 9.63. The van der Waals surface area contributed by atoms with Gasteiger partial charge in [-0.05, 0) is 6.08 Å². The fourth-order valence-corrected chi connectivity index (χ4v) is 2.20. The molecule has 6 nitrogen and oxygen atoms in total. The van der Waals surface area contributed by atoms with Crippen molar-refractivity contribution in [1.82, 2.24) is 4.98 Å². The summed E-state index contributed by atoms with van der Waals surface area (Å²) in [5, 5.41) is 8.07. The van der Waals surface area contributed by atoms with E-state index in [4.69, 9.17) is 5.11 Å². The van der Waals surface area contributed by atoms with Gasteiger partial charge in [0.1, 0.15) is 0 Å². The highest BCUT2D eigenvalue weighted by atomic mass is 32.2. The molecule has 10 heteroatoms. The zero-order valence-electron chi connectivity index (χ0n) is 8.00. The summed E-state index contributed by atoms with van der Waals surface area (Å²) in [4.78, 5) is 14.0. The first-order valence-corrected chi connectivity index (χ1v) is 6.34. The molecule has 0 saturated carbocycles. The van der Waals surface area contributed by atoms with Crippen LogP contribution in [0.3, 0.4) is 0 Å². The minimum Gasteiger partial charge on any atom is -0.478 e. The van der Waals surface area contributed by atoms with Gasteiger partial charge in [0.15, 0.2) is 5.13 Å². The number of nitrogens with zero attached hydrogens (tertiary/aromatic N) is 1. The smallest absolute Gasteiger partial charge is 0.355 e. The summed E-state index contributed by atoms with van der Waals surface area (Å²) >= 11 is 0.734. The number of carboxylic acid groups (broad SMARTS) is 1. The van der Waals surface area contributed by atoms with Gasteiger partial charge >= 0.3 is 11.7 Å². The van der Waals surface area contributed by atoms with Gasteiger partial charge in [-0.1, -0.05) is 11.3 Å². The molecule has 1 rings (SSSR count). The number of alkyl halides is 2. The van der Waals surface area contributed by atoms with E-state index in [-0.39, 0.29) is 5.13 Å². The van der Waals surface area contributed by atoms with Crippen LogP contribution in [0.25, 0.3) is 6.08 Å². The maximum atomic E-state index is 12.0. The van der Waals surface area contributed by atoms with E-state index in [1.165, 1.54) is 6.08 Å². The molecule has 0 atom stereocenters. The Morgan fingerprint density at radius 2 is 2.24 bits per heavy atom. The zero-order chi connectivity index (χ0) is 13.1. The Morgan fingerprint density at radius 1 is 1.59 bits per heavy atom. The standard InChI is InChI=1S/C7H6F2N2O4S2/c8-6(9)17(14,15)11-7-10-3-4(16-7)1-2-5(12)13/h1-3,6H,(H,10,11)(H,12,13). The average Bonchev–Trinajstić information content (AvgIpc) is 2.61. The van der Waals surface area contributed by atoms with E-state index >= 15 is 0 Å². The lowest BCUT2D eigenvalue weighted by atomic mass is 10.4. The Morgan fingerprint density at radius 3 is 2.76 bits per heavy atom. The van der Waals surface area contributed by atoms with Crippen molar-refractivity contribution < 1.29 is 27.1 Å². The van der Waals surface area contributed by atoms with E-state index in [0.29, 0.717) is 4.88 Å². The largest absolute Gasteiger partial charge is 0.478 e.